The van der Waals surface area contributed by atoms with Gasteiger partial charge in [-0.3, -0.25) is 9.59 Å². The van der Waals surface area contributed by atoms with Gasteiger partial charge in [0, 0.05) is 31.0 Å². The molecule has 4 heteroatoms. The van der Waals surface area contributed by atoms with Crippen LogP contribution in [0.4, 0.5) is 0 Å². The maximum Gasteiger partial charge on any atom is 0.220 e. The van der Waals surface area contributed by atoms with Crippen LogP contribution in [0.1, 0.15) is 42.1 Å². The molecule has 108 valence electrons. The Morgan fingerprint density at radius 3 is 2.60 bits per heavy atom. The Morgan fingerprint density at radius 1 is 1.25 bits per heavy atom. The maximum atomic E-state index is 12.0. The molecule has 1 saturated heterocycles. The van der Waals surface area contributed by atoms with Crippen LogP contribution in [0.15, 0.2) is 24.3 Å². The minimum atomic E-state index is -0.0303. The SMILES string of the molecule is CCc1ccc(C(=O)CCC(=O)NC2CCNC2)cc1. The molecule has 0 aromatic heterocycles. The molecular formula is C16H22N2O2. The molecule has 2 N–H and O–H groups in total. The minimum Gasteiger partial charge on any atom is -0.352 e. The van der Waals surface area contributed by atoms with E-state index in [1.165, 1.54) is 5.56 Å². The van der Waals surface area contributed by atoms with Crippen molar-refractivity contribution in [1.29, 1.82) is 0 Å². The number of ketones is 1. The molecule has 1 unspecified atom stereocenters. The van der Waals surface area contributed by atoms with Gasteiger partial charge in [-0.15, -0.1) is 0 Å². The lowest BCUT2D eigenvalue weighted by Gasteiger charge is -2.10. The molecule has 4 nitrogen and oxygen atoms in total. The van der Waals surface area contributed by atoms with Crippen molar-refractivity contribution in [1.82, 2.24) is 10.6 Å². The summed E-state index contributed by atoms with van der Waals surface area (Å²) in [5.74, 6) is 0.00424. The first-order valence-electron chi connectivity index (χ1n) is 7.31. The molecule has 1 aromatic carbocycles. The summed E-state index contributed by atoms with van der Waals surface area (Å²) in [6.45, 7) is 3.87. The van der Waals surface area contributed by atoms with Crippen molar-refractivity contribution in [3.8, 4) is 0 Å². The van der Waals surface area contributed by atoms with Gasteiger partial charge < -0.3 is 10.6 Å². The predicted molar refractivity (Wildman–Crippen MR) is 78.8 cm³/mol. The number of carbonyl (C=O) groups is 2. The second kappa shape index (κ2) is 7.20. The van der Waals surface area contributed by atoms with Crippen molar-refractivity contribution in [3.63, 3.8) is 0 Å². The van der Waals surface area contributed by atoms with E-state index in [4.69, 9.17) is 0 Å². The molecule has 1 amide bonds. The lowest BCUT2D eigenvalue weighted by atomic mass is 10.0. The summed E-state index contributed by atoms with van der Waals surface area (Å²) in [5, 5.41) is 6.15. The van der Waals surface area contributed by atoms with Gasteiger partial charge in [-0.2, -0.15) is 0 Å². The van der Waals surface area contributed by atoms with Gasteiger partial charge in [-0.25, -0.2) is 0 Å². The Hall–Kier alpha value is -1.68. The summed E-state index contributed by atoms with van der Waals surface area (Å²) in [5.41, 5.74) is 1.91. The van der Waals surface area contributed by atoms with E-state index in [9.17, 15) is 9.59 Å². The number of Topliss-reactive ketones (excluding diaryl/α,β-unsaturated/α-hetero) is 1. The first-order chi connectivity index (χ1) is 9.69. The highest BCUT2D eigenvalue weighted by atomic mass is 16.2. The number of aryl methyl sites for hydroxylation is 1. The third-order valence-electron chi connectivity index (χ3n) is 3.69. The van der Waals surface area contributed by atoms with Gasteiger partial charge in [-0.05, 0) is 24.9 Å². The lowest BCUT2D eigenvalue weighted by Crippen LogP contribution is -2.36. The fourth-order valence-corrected chi connectivity index (χ4v) is 2.38. The monoisotopic (exact) mass is 274 g/mol. The van der Waals surface area contributed by atoms with E-state index in [-0.39, 0.29) is 30.6 Å². The average molecular weight is 274 g/mol. The second-order valence-corrected chi connectivity index (χ2v) is 5.23. The smallest absolute Gasteiger partial charge is 0.220 e. The van der Waals surface area contributed by atoms with Crippen LogP contribution in [0.2, 0.25) is 0 Å². The zero-order valence-electron chi connectivity index (χ0n) is 11.9. The number of amides is 1. The molecule has 0 saturated carbocycles. The van der Waals surface area contributed by atoms with E-state index >= 15 is 0 Å². The van der Waals surface area contributed by atoms with Crippen LogP contribution in [0.5, 0.6) is 0 Å². The van der Waals surface area contributed by atoms with Crippen LogP contribution in [0.3, 0.4) is 0 Å². The van der Waals surface area contributed by atoms with Crippen LogP contribution < -0.4 is 10.6 Å². The van der Waals surface area contributed by atoms with E-state index in [1.54, 1.807) is 0 Å². The molecule has 1 fully saturated rings. The van der Waals surface area contributed by atoms with Gasteiger partial charge in [0.1, 0.15) is 0 Å². The predicted octanol–water partition coefficient (Wildman–Crippen LogP) is 1.69. The fourth-order valence-electron chi connectivity index (χ4n) is 2.38. The van der Waals surface area contributed by atoms with Crippen LogP contribution >= 0.6 is 0 Å². The average Bonchev–Trinajstić information content (AvgIpc) is 2.97. The van der Waals surface area contributed by atoms with Crippen LogP contribution in [-0.4, -0.2) is 30.8 Å². The Labute approximate surface area is 119 Å². The highest BCUT2D eigenvalue weighted by Crippen LogP contribution is 2.09. The van der Waals surface area contributed by atoms with Gasteiger partial charge in [-0.1, -0.05) is 31.2 Å². The van der Waals surface area contributed by atoms with E-state index in [0.717, 1.165) is 25.9 Å². The van der Waals surface area contributed by atoms with Crippen molar-refractivity contribution in [3.05, 3.63) is 35.4 Å². The number of hydrogen-bond donors (Lipinski definition) is 2. The minimum absolute atomic E-state index is 0.0303. The summed E-state index contributed by atoms with van der Waals surface area (Å²) < 4.78 is 0. The number of benzene rings is 1. The van der Waals surface area contributed by atoms with E-state index < -0.39 is 0 Å². The molecule has 0 spiro atoms. The number of rotatable bonds is 6. The third-order valence-corrected chi connectivity index (χ3v) is 3.69. The zero-order valence-corrected chi connectivity index (χ0v) is 11.9. The maximum absolute atomic E-state index is 12.0. The van der Waals surface area contributed by atoms with E-state index in [1.807, 2.05) is 24.3 Å². The first-order valence-corrected chi connectivity index (χ1v) is 7.31. The molecule has 1 aromatic rings. The summed E-state index contributed by atoms with van der Waals surface area (Å²) in [4.78, 5) is 23.7. The van der Waals surface area contributed by atoms with Gasteiger partial charge in [0.2, 0.25) is 5.91 Å². The van der Waals surface area contributed by atoms with Crippen molar-refractivity contribution < 1.29 is 9.59 Å². The van der Waals surface area contributed by atoms with E-state index in [2.05, 4.69) is 17.6 Å². The Morgan fingerprint density at radius 2 is 2.00 bits per heavy atom. The van der Waals surface area contributed by atoms with Crippen LogP contribution in [0.25, 0.3) is 0 Å². The standard InChI is InChI=1S/C16H22N2O2/c1-2-12-3-5-13(6-4-12)15(19)7-8-16(20)18-14-9-10-17-11-14/h3-6,14,17H,2,7-11H2,1H3,(H,18,20). The van der Waals surface area contributed by atoms with Gasteiger partial charge in [0.25, 0.3) is 0 Å². The first kappa shape index (κ1) is 14.7. The molecule has 0 radical (unpaired) electrons. The third kappa shape index (κ3) is 4.17. The van der Waals surface area contributed by atoms with Gasteiger partial charge in [0.15, 0.2) is 5.78 Å². The summed E-state index contributed by atoms with van der Waals surface area (Å²) in [7, 11) is 0. The highest BCUT2D eigenvalue weighted by Gasteiger charge is 2.17. The van der Waals surface area contributed by atoms with Crippen LogP contribution in [-0.2, 0) is 11.2 Å². The van der Waals surface area contributed by atoms with Crippen LogP contribution in [0, 0.1) is 0 Å². The highest BCUT2D eigenvalue weighted by molar-refractivity contribution is 5.98. The summed E-state index contributed by atoms with van der Waals surface area (Å²) in [6, 6.07) is 7.86. The molecule has 1 atom stereocenters. The second-order valence-electron chi connectivity index (χ2n) is 5.23. The molecule has 2 rings (SSSR count). The molecule has 1 heterocycles. The van der Waals surface area contributed by atoms with Crippen molar-refractivity contribution >= 4 is 11.7 Å². The lowest BCUT2D eigenvalue weighted by molar-refractivity contribution is -0.121. The summed E-state index contributed by atoms with van der Waals surface area (Å²) >= 11 is 0. The number of carbonyl (C=O) groups excluding carboxylic acids is 2. The molecular weight excluding hydrogens is 252 g/mol. The molecule has 1 aliphatic rings. The van der Waals surface area contributed by atoms with Crippen molar-refractivity contribution in [2.45, 2.75) is 38.6 Å². The van der Waals surface area contributed by atoms with Crippen molar-refractivity contribution in [2.75, 3.05) is 13.1 Å². The fraction of sp³-hybridized carbons (Fsp3) is 0.500. The largest absolute Gasteiger partial charge is 0.352 e. The van der Waals surface area contributed by atoms with Gasteiger partial charge >= 0.3 is 0 Å². The van der Waals surface area contributed by atoms with E-state index in [0.29, 0.717) is 5.56 Å². The quantitative estimate of drug-likeness (QED) is 0.776. The number of hydrogen-bond acceptors (Lipinski definition) is 3. The zero-order chi connectivity index (χ0) is 14.4. The molecule has 0 bridgehead atoms. The molecule has 0 aliphatic carbocycles. The molecule has 20 heavy (non-hydrogen) atoms. The number of nitrogens with one attached hydrogen (secondary N) is 2. The topological polar surface area (TPSA) is 58.2 Å². The summed E-state index contributed by atoms with van der Waals surface area (Å²) in [6.07, 6.45) is 2.48. The van der Waals surface area contributed by atoms with Crippen molar-refractivity contribution in [2.24, 2.45) is 0 Å². The Balaban J connectivity index is 1.77. The normalized spacial score (nSPS) is 17.9. The Kier molecular flexibility index (Phi) is 5.30. The molecule has 1 aliphatic heterocycles. The Bertz CT molecular complexity index is 462. The van der Waals surface area contributed by atoms with Gasteiger partial charge in [0.05, 0.1) is 0 Å².